The maximum Gasteiger partial charge on any atom is 0.217 e. The first-order chi connectivity index (χ1) is 13.1. The molecule has 3 aliphatic carbocycles. The second kappa shape index (κ2) is 6.77. The molecule has 0 aromatic heterocycles. The molecule has 2 bridgehead atoms. The molecule has 1 saturated carbocycles. The molecule has 144 valence electrons. The van der Waals surface area contributed by atoms with Crippen molar-refractivity contribution in [1.82, 2.24) is 10.2 Å². The zero-order valence-electron chi connectivity index (χ0n) is 16.5. The van der Waals surface area contributed by atoms with Gasteiger partial charge in [-0.2, -0.15) is 0 Å². The van der Waals surface area contributed by atoms with Crippen molar-refractivity contribution in [2.45, 2.75) is 56.9 Å². The Hall–Kier alpha value is -1.61. The third-order valence-corrected chi connectivity index (χ3v) is 7.92. The summed E-state index contributed by atoms with van der Waals surface area (Å²) in [6, 6.07) is 9.09. The molecule has 1 aromatic rings. The lowest BCUT2D eigenvalue weighted by molar-refractivity contribution is -0.119. The summed E-state index contributed by atoms with van der Waals surface area (Å²) >= 11 is 0. The molecule has 1 heterocycles. The highest BCUT2D eigenvalue weighted by Crippen LogP contribution is 2.49. The predicted octanol–water partition coefficient (Wildman–Crippen LogP) is 4.20. The summed E-state index contributed by atoms with van der Waals surface area (Å²) in [5, 5.41) is 3.18. The van der Waals surface area contributed by atoms with Crippen LogP contribution in [0.5, 0.6) is 0 Å². The molecule has 27 heavy (non-hydrogen) atoms. The van der Waals surface area contributed by atoms with Crippen molar-refractivity contribution >= 4 is 5.91 Å². The third-order valence-electron chi connectivity index (χ3n) is 7.92. The maximum absolute atomic E-state index is 11.6. The van der Waals surface area contributed by atoms with Gasteiger partial charge in [0.1, 0.15) is 0 Å². The van der Waals surface area contributed by atoms with Gasteiger partial charge in [-0.05, 0) is 85.9 Å². The van der Waals surface area contributed by atoms with Crippen molar-refractivity contribution in [3.63, 3.8) is 0 Å². The van der Waals surface area contributed by atoms with Crippen molar-refractivity contribution in [1.29, 1.82) is 0 Å². The van der Waals surface area contributed by atoms with Crippen LogP contribution in [0, 0.1) is 17.8 Å². The largest absolute Gasteiger partial charge is 0.350 e. The highest BCUT2D eigenvalue weighted by molar-refractivity contribution is 5.73. The lowest BCUT2D eigenvalue weighted by atomic mass is 9.63. The first-order valence-electron chi connectivity index (χ1n) is 10.9. The highest BCUT2D eigenvalue weighted by Gasteiger charge is 2.43. The van der Waals surface area contributed by atoms with Gasteiger partial charge in [0.05, 0.1) is 6.04 Å². The van der Waals surface area contributed by atoms with Crippen LogP contribution in [0.2, 0.25) is 0 Å². The number of allylic oxidation sites excluding steroid dienone is 2. The lowest BCUT2D eigenvalue weighted by Crippen LogP contribution is -2.47. The molecule has 1 aromatic carbocycles. The van der Waals surface area contributed by atoms with Gasteiger partial charge < -0.3 is 10.2 Å². The van der Waals surface area contributed by atoms with E-state index in [9.17, 15) is 4.79 Å². The molecule has 3 unspecified atom stereocenters. The van der Waals surface area contributed by atoms with E-state index in [0.29, 0.717) is 5.41 Å². The Morgan fingerprint density at radius 3 is 2.67 bits per heavy atom. The van der Waals surface area contributed by atoms with Crippen molar-refractivity contribution in [3.05, 3.63) is 47.5 Å². The van der Waals surface area contributed by atoms with Gasteiger partial charge in [0, 0.05) is 13.5 Å². The average molecular weight is 365 g/mol. The number of likely N-dealkylation sites (tertiary alicyclic amines) is 1. The van der Waals surface area contributed by atoms with Gasteiger partial charge in [-0.3, -0.25) is 4.79 Å². The van der Waals surface area contributed by atoms with Crippen molar-refractivity contribution in [2.75, 3.05) is 19.6 Å². The van der Waals surface area contributed by atoms with E-state index < -0.39 is 0 Å². The molecule has 3 nitrogen and oxygen atoms in total. The Kier molecular flexibility index (Phi) is 4.39. The average Bonchev–Trinajstić information content (AvgIpc) is 3.29. The normalized spacial score (nSPS) is 34.0. The number of benzene rings is 1. The van der Waals surface area contributed by atoms with E-state index in [-0.39, 0.29) is 11.9 Å². The van der Waals surface area contributed by atoms with Gasteiger partial charge in [-0.1, -0.05) is 36.4 Å². The standard InChI is InChI=1S/C24H32N2O/c1-17(27)25-23-8-9-24(22-5-3-2-4-21(22)23)10-12-26(13-11-24)16-20-15-18-6-7-19(20)14-18/h2-7,18-20,23H,8-16H2,1H3,(H,25,27)/t18?,19?,20?,23-/m0/s1. The molecule has 2 fully saturated rings. The first-order valence-corrected chi connectivity index (χ1v) is 10.9. The molecule has 1 amide bonds. The highest BCUT2D eigenvalue weighted by atomic mass is 16.1. The summed E-state index contributed by atoms with van der Waals surface area (Å²) < 4.78 is 0. The van der Waals surface area contributed by atoms with Gasteiger partial charge in [-0.25, -0.2) is 0 Å². The number of amides is 1. The molecule has 1 aliphatic heterocycles. The maximum atomic E-state index is 11.6. The fourth-order valence-corrected chi connectivity index (χ4v) is 6.51. The van der Waals surface area contributed by atoms with E-state index in [2.05, 4.69) is 46.6 Å². The molecule has 1 saturated heterocycles. The number of hydrogen-bond donors (Lipinski definition) is 1. The Bertz CT molecular complexity index is 747. The molecule has 4 atom stereocenters. The lowest BCUT2D eigenvalue weighted by Gasteiger charge is -2.48. The van der Waals surface area contributed by atoms with Gasteiger partial charge in [0.25, 0.3) is 0 Å². The SMILES string of the molecule is CC(=O)N[C@H]1CCC2(CCN(CC3CC4C=CC3C4)CC2)c2ccccc21. The van der Waals surface area contributed by atoms with Crippen LogP contribution in [0.4, 0.5) is 0 Å². The van der Waals surface area contributed by atoms with Crippen molar-refractivity contribution in [3.8, 4) is 0 Å². The minimum atomic E-state index is 0.0838. The molecule has 1 spiro atoms. The molecule has 3 heteroatoms. The van der Waals surface area contributed by atoms with Crippen LogP contribution in [-0.2, 0) is 10.2 Å². The monoisotopic (exact) mass is 364 g/mol. The zero-order valence-corrected chi connectivity index (χ0v) is 16.5. The van der Waals surface area contributed by atoms with E-state index in [0.717, 1.165) is 24.2 Å². The van der Waals surface area contributed by atoms with E-state index in [1.807, 2.05) is 0 Å². The minimum Gasteiger partial charge on any atom is -0.350 e. The number of carbonyl (C=O) groups excluding carboxylic acids is 1. The predicted molar refractivity (Wildman–Crippen MR) is 108 cm³/mol. The molecule has 1 N–H and O–H groups in total. The number of carbonyl (C=O) groups is 1. The summed E-state index contributed by atoms with van der Waals surface area (Å²) in [4.78, 5) is 14.4. The van der Waals surface area contributed by atoms with Gasteiger partial charge in [0.15, 0.2) is 0 Å². The second-order valence-corrected chi connectivity index (χ2v) is 9.50. The summed E-state index contributed by atoms with van der Waals surface area (Å²) in [5.41, 5.74) is 3.21. The number of fused-ring (bicyclic) bond motifs is 4. The molecule has 5 rings (SSSR count). The molecule has 0 radical (unpaired) electrons. The summed E-state index contributed by atoms with van der Waals surface area (Å²) in [5.74, 6) is 2.73. The number of nitrogens with one attached hydrogen (secondary N) is 1. The molecule has 4 aliphatic rings. The number of rotatable bonds is 3. The van der Waals surface area contributed by atoms with Crippen LogP contribution in [0.25, 0.3) is 0 Å². The van der Waals surface area contributed by atoms with E-state index in [1.54, 1.807) is 6.92 Å². The Balaban J connectivity index is 1.28. The second-order valence-electron chi connectivity index (χ2n) is 9.50. The summed E-state index contributed by atoms with van der Waals surface area (Å²) in [6.07, 6.45) is 12.6. The smallest absolute Gasteiger partial charge is 0.217 e. The van der Waals surface area contributed by atoms with Crippen LogP contribution in [-0.4, -0.2) is 30.4 Å². The zero-order chi connectivity index (χ0) is 18.4. The van der Waals surface area contributed by atoms with Crippen LogP contribution in [0.3, 0.4) is 0 Å². The first kappa shape index (κ1) is 17.5. The Labute approximate surface area is 163 Å². The van der Waals surface area contributed by atoms with E-state index in [1.165, 1.54) is 62.9 Å². The molecular formula is C24H32N2O. The Morgan fingerprint density at radius 2 is 1.96 bits per heavy atom. The molecular weight excluding hydrogens is 332 g/mol. The minimum absolute atomic E-state index is 0.0838. The van der Waals surface area contributed by atoms with E-state index in [4.69, 9.17) is 0 Å². The Morgan fingerprint density at radius 1 is 1.15 bits per heavy atom. The van der Waals surface area contributed by atoms with Gasteiger partial charge in [0.2, 0.25) is 5.91 Å². The van der Waals surface area contributed by atoms with Crippen molar-refractivity contribution < 1.29 is 4.79 Å². The van der Waals surface area contributed by atoms with Crippen LogP contribution in [0.1, 0.15) is 62.6 Å². The van der Waals surface area contributed by atoms with Crippen LogP contribution < -0.4 is 5.32 Å². The van der Waals surface area contributed by atoms with Crippen LogP contribution >= 0.6 is 0 Å². The third kappa shape index (κ3) is 3.14. The van der Waals surface area contributed by atoms with Gasteiger partial charge in [-0.15, -0.1) is 0 Å². The number of nitrogens with zero attached hydrogens (tertiary/aromatic N) is 1. The summed E-state index contributed by atoms with van der Waals surface area (Å²) in [6.45, 7) is 5.40. The van der Waals surface area contributed by atoms with Crippen molar-refractivity contribution in [2.24, 2.45) is 17.8 Å². The fourth-order valence-electron chi connectivity index (χ4n) is 6.51. The number of hydrogen-bond acceptors (Lipinski definition) is 2. The quantitative estimate of drug-likeness (QED) is 0.815. The van der Waals surface area contributed by atoms with E-state index >= 15 is 0 Å². The van der Waals surface area contributed by atoms with Gasteiger partial charge >= 0.3 is 0 Å². The fraction of sp³-hybridized carbons (Fsp3) is 0.625. The number of piperidine rings is 1. The van der Waals surface area contributed by atoms with Crippen LogP contribution in [0.15, 0.2) is 36.4 Å². The summed E-state index contributed by atoms with van der Waals surface area (Å²) in [7, 11) is 0. The topological polar surface area (TPSA) is 32.3 Å².